The molecular weight excluding hydrogens is 490 g/mol. The summed E-state index contributed by atoms with van der Waals surface area (Å²) in [6, 6.07) is 18.3. The monoisotopic (exact) mass is 503 g/mol. The summed E-state index contributed by atoms with van der Waals surface area (Å²) in [5.41, 5.74) is 2.76. The Morgan fingerprint density at radius 1 is 1.04 bits per heavy atom. The number of benzene rings is 2. The zero-order valence-corrected chi connectivity index (χ0v) is 18.2. The van der Waals surface area contributed by atoms with Gasteiger partial charge in [0.15, 0.2) is 0 Å². The van der Waals surface area contributed by atoms with Crippen LogP contribution in [-0.2, 0) is 4.79 Å². The van der Waals surface area contributed by atoms with Crippen LogP contribution in [0.2, 0.25) is 0 Å². The highest BCUT2D eigenvalue weighted by molar-refractivity contribution is 9.10. The summed E-state index contributed by atoms with van der Waals surface area (Å²) >= 11 is 8.45. The molecule has 0 radical (unpaired) electrons. The molecule has 0 saturated carbocycles. The number of hydrogen-bond donors (Lipinski definition) is 0. The van der Waals surface area contributed by atoms with Gasteiger partial charge in [0.2, 0.25) is 5.91 Å². The van der Waals surface area contributed by atoms with Crippen molar-refractivity contribution in [2.24, 2.45) is 0 Å². The lowest BCUT2D eigenvalue weighted by Crippen LogP contribution is -2.47. The van der Waals surface area contributed by atoms with Crippen LogP contribution in [0.25, 0.3) is 0 Å². The van der Waals surface area contributed by atoms with Gasteiger partial charge in [0.05, 0.1) is 29.2 Å². The molecule has 4 nitrogen and oxygen atoms in total. The second-order valence-electron chi connectivity index (χ2n) is 6.39. The van der Waals surface area contributed by atoms with Gasteiger partial charge in [-0.1, -0.05) is 55.8 Å². The minimum absolute atomic E-state index is 0.0613. The molecule has 1 amide bonds. The lowest BCUT2D eigenvalue weighted by molar-refractivity contribution is -0.129. The smallest absolute Gasteiger partial charge is 0.229 e. The van der Waals surface area contributed by atoms with Crippen molar-refractivity contribution >= 4 is 55.2 Å². The van der Waals surface area contributed by atoms with Crippen LogP contribution in [0.3, 0.4) is 0 Å². The molecule has 4 rings (SSSR count). The number of hydrogen-bond acceptors (Lipinski definition) is 4. The molecule has 0 bridgehead atoms. The Hall–Kier alpha value is -1.75. The third kappa shape index (κ3) is 3.66. The van der Waals surface area contributed by atoms with E-state index in [9.17, 15) is 10.1 Å². The van der Waals surface area contributed by atoms with E-state index in [1.54, 1.807) is 16.7 Å². The summed E-state index contributed by atoms with van der Waals surface area (Å²) < 4.78 is 2.01. The number of allylic oxidation sites excluding steroid dienone is 1. The molecule has 2 aliphatic heterocycles. The van der Waals surface area contributed by atoms with Crippen LogP contribution in [0.5, 0.6) is 0 Å². The number of nitriles is 1. The molecule has 7 heteroatoms. The molecule has 0 N–H and O–H groups in total. The third-order valence-electron chi connectivity index (χ3n) is 4.76. The second-order valence-corrected chi connectivity index (χ2v) is 9.16. The number of halogens is 2. The van der Waals surface area contributed by atoms with E-state index in [1.807, 2.05) is 48.5 Å². The van der Waals surface area contributed by atoms with E-state index in [4.69, 9.17) is 0 Å². The molecule has 0 spiro atoms. The molecule has 2 heterocycles. The van der Waals surface area contributed by atoms with E-state index in [0.717, 1.165) is 25.2 Å². The molecule has 2 aromatic carbocycles. The Labute approximate surface area is 179 Å². The first-order valence-corrected chi connectivity index (χ1v) is 11.0. The van der Waals surface area contributed by atoms with Crippen LogP contribution in [0, 0.1) is 11.3 Å². The minimum Gasteiger partial charge on any atom is -0.344 e. The predicted molar refractivity (Wildman–Crippen MR) is 115 cm³/mol. The van der Waals surface area contributed by atoms with Gasteiger partial charge in [0.1, 0.15) is 0 Å². The fourth-order valence-corrected chi connectivity index (χ4v) is 5.05. The average molecular weight is 505 g/mol. The van der Waals surface area contributed by atoms with Crippen LogP contribution in [-0.4, -0.2) is 23.4 Å². The van der Waals surface area contributed by atoms with Gasteiger partial charge in [0, 0.05) is 27.0 Å². The molecule has 0 aliphatic carbocycles. The molecule has 2 aliphatic rings. The summed E-state index contributed by atoms with van der Waals surface area (Å²) in [5.74, 6) is 0.596. The Kier molecular flexibility index (Phi) is 5.31. The molecule has 1 saturated heterocycles. The molecule has 27 heavy (non-hydrogen) atoms. The molecule has 0 aromatic heterocycles. The first-order chi connectivity index (χ1) is 13.1. The highest BCUT2D eigenvalue weighted by Crippen LogP contribution is 2.43. The summed E-state index contributed by atoms with van der Waals surface area (Å²) in [6.45, 7) is 0.473. The zero-order valence-electron chi connectivity index (χ0n) is 14.2. The number of anilines is 1. The lowest BCUT2D eigenvalue weighted by Gasteiger charge is -2.42. The van der Waals surface area contributed by atoms with Crippen molar-refractivity contribution in [3.63, 3.8) is 0 Å². The minimum atomic E-state index is -0.173. The molecule has 1 fully saturated rings. The van der Waals surface area contributed by atoms with Crippen LogP contribution < -0.4 is 4.90 Å². The molecule has 0 unspecified atom stereocenters. The first-order valence-electron chi connectivity index (χ1n) is 8.40. The number of thioether (sulfide) groups is 1. The molecular formula is C20H15Br2N3OS. The summed E-state index contributed by atoms with van der Waals surface area (Å²) in [4.78, 5) is 16.8. The number of rotatable bonds is 2. The van der Waals surface area contributed by atoms with Crippen molar-refractivity contribution in [2.45, 2.75) is 12.3 Å². The van der Waals surface area contributed by atoms with Crippen molar-refractivity contribution in [3.05, 3.63) is 73.6 Å². The quantitative estimate of drug-likeness (QED) is 0.547. The van der Waals surface area contributed by atoms with Crippen LogP contribution >= 0.6 is 43.6 Å². The second kappa shape index (κ2) is 7.70. The number of nitrogens with zero attached hydrogens (tertiary/aromatic N) is 3. The fraction of sp³-hybridized carbons (Fsp3) is 0.200. The SMILES string of the molecule is N#CC1=C2SCN(c3ccc(Br)cc3)CN2C(=O)C[C@@H]1c1ccc(Br)cc1. The maximum atomic E-state index is 12.9. The molecule has 2 aromatic rings. The first kappa shape index (κ1) is 18.6. The third-order valence-corrected chi connectivity index (χ3v) is 6.97. The van der Waals surface area contributed by atoms with E-state index in [0.29, 0.717) is 24.5 Å². The molecule has 136 valence electrons. The van der Waals surface area contributed by atoms with Crippen molar-refractivity contribution in [1.29, 1.82) is 5.26 Å². The summed E-state index contributed by atoms with van der Waals surface area (Å²) in [5, 5.41) is 10.6. The Morgan fingerprint density at radius 3 is 2.30 bits per heavy atom. The summed E-state index contributed by atoms with van der Waals surface area (Å²) in [6.07, 6.45) is 0.322. The fourth-order valence-electron chi connectivity index (χ4n) is 3.36. The maximum Gasteiger partial charge on any atom is 0.229 e. The van der Waals surface area contributed by atoms with E-state index >= 15 is 0 Å². The van der Waals surface area contributed by atoms with E-state index in [-0.39, 0.29) is 11.8 Å². The lowest BCUT2D eigenvalue weighted by atomic mass is 9.86. The van der Waals surface area contributed by atoms with Gasteiger partial charge in [-0.25, -0.2) is 0 Å². The van der Waals surface area contributed by atoms with Gasteiger partial charge in [-0.3, -0.25) is 9.69 Å². The van der Waals surface area contributed by atoms with Crippen LogP contribution in [0.4, 0.5) is 5.69 Å². The highest BCUT2D eigenvalue weighted by atomic mass is 79.9. The average Bonchev–Trinajstić information content (AvgIpc) is 2.69. The number of carbonyl (C=O) groups excluding carboxylic acids is 1. The van der Waals surface area contributed by atoms with E-state index in [2.05, 4.69) is 42.8 Å². The van der Waals surface area contributed by atoms with Gasteiger partial charge in [-0.15, -0.1) is 0 Å². The topological polar surface area (TPSA) is 47.3 Å². The van der Waals surface area contributed by atoms with Gasteiger partial charge in [0.25, 0.3) is 0 Å². The van der Waals surface area contributed by atoms with Gasteiger partial charge in [-0.05, 0) is 42.0 Å². The maximum absolute atomic E-state index is 12.9. The standard InChI is InChI=1S/C20H15Br2N3OS/c21-14-3-1-13(2-4-14)17-9-19(26)25-11-24(12-27-20(25)18(17)10-23)16-7-5-15(22)6-8-16/h1-8,17H,9,11-12H2/t17-/m1/s1. The Morgan fingerprint density at radius 2 is 1.67 bits per heavy atom. The number of amides is 1. The molecule has 1 atom stereocenters. The highest BCUT2D eigenvalue weighted by Gasteiger charge is 2.38. The number of fused-ring (bicyclic) bond motifs is 1. The largest absolute Gasteiger partial charge is 0.344 e. The predicted octanol–water partition coefficient (Wildman–Crippen LogP) is 5.43. The van der Waals surface area contributed by atoms with E-state index < -0.39 is 0 Å². The normalized spacial score (nSPS) is 19.7. The van der Waals surface area contributed by atoms with Gasteiger partial charge >= 0.3 is 0 Å². The van der Waals surface area contributed by atoms with Crippen LogP contribution in [0.15, 0.2) is 68.1 Å². The Bertz CT molecular complexity index is 951. The van der Waals surface area contributed by atoms with Crippen LogP contribution in [0.1, 0.15) is 17.9 Å². The summed E-state index contributed by atoms with van der Waals surface area (Å²) in [7, 11) is 0. The Balaban J connectivity index is 1.65. The van der Waals surface area contributed by atoms with Gasteiger partial charge < -0.3 is 4.90 Å². The van der Waals surface area contributed by atoms with E-state index in [1.165, 1.54) is 0 Å². The van der Waals surface area contributed by atoms with Crippen molar-refractivity contribution in [2.75, 3.05) is 17.4 Å². The van der Waals surface area contributed by atoms with Crippen molar-refractivity contribution in [1.82, 2.24) is 4.90 Å². The number of carbonyl (C=O) groups is 1. The van der Waals surface area contributed by atoms with Crippen molar-refractivity contribution < 1.29 is 4.79 Å². The van der Waals surface area contributed by atoms with Gasteiger partial charge in [-0.2, -0.15) is 5.26 Å². The van der Waals surface area contributed by atoms with Crippen molar-refractivity contribution in [3.8, 4) is 6.07 Å². The zero-order chi connectivity index (χ0) is 19.0.